The normalized spacial score (nSPS) is 16.2. The Morgan fingerprint density at radius 3 is 1.49 bits per heavy atom. The van der Waals surface area contributed by atoms with E-state index in [0.29, 0.717) is 97.7 Å². The zero-order valence-corrected chi connectivity index (χ0v) is 53.1. The molecule has 5 N–H and O–H groups in total. The van der Waals surface area contributed by atoms with E-state index in [1.165, 1.54) is 18.9 Å². The monoisotopic (exact) mass is 1520 g/mol. The molecule has 0 bridgehead atoms. The molecule has 25 heteroatoms. The molecule has 3 aromatic carbocycles. The number of halogens is 8. The molecule has 0 radical (unpaired) electrons. The van der Waals surface area contributed by atoms with Crippen LogP contribution in [0.15, 0.2) is 89.4 Å². The maximum Gasteiger partial charge on any atom is 0.317 e. The molecule has 2 aliphatic heterocycles. The molecule has 0 saturated heterocycles. The summed E-state index contributed by atoms with van der Waals surface area (Å²) in [5.74, 6) is 0.243. The number of ether oxygens (including phenoxy) is 5. The smallest absolute Gasteiger partial charge is 0.317 e. The van der Waals surface area contributed by atoms with Gasteiger partial charge in [-0.1, -0.05) is 21.1 Å². The Bertz CT molecular complexity index is 2450. The molecule has 17 nitrogen and oxygen atoms in total. The van der Waals surface area contributed by atoms with E-state index in [9.17, 15) is 19.5 Å². The van der Waals surface area contributed by atoms with Crippen LogP contribution in [0.4, 0.5) is 9.59 Å². The summed E-state index contributed by atoms with van der Waals surface area (Å²) in [5, 5.41) is 26.7. The van der Waals surface area contributed by atoms with Gasteiger partial charge in [0.1, 0.15) is 29.3 Å². The SMILES string of the molecule is CNCCc1cc(Br)c(OCCCNC(=O)N(C)CCc2cc(Br)c(OCCCNC(=O)N(C)CCc3cc(Br)c(OCCCNC(=O)C4=NO[C@]5(CC(Br)=C(OC)C(Br)=CO5)[C@@H]4O)c(Br)c3)c(Br)c2)c(Br)c1. The number of allylic oxidation sites excluding steroid dienone is 1. The molecule has 2 atom stereocenters. The third kappa shape index (κ3) is 18.0. The first-order valence-corrected chi connectivity index (χ1v) is 29.4. The number of benzene rings is 3. The third-order valence-corrected chi connectivity index (χ3v) is 15.9. The fourth-order valence-electron chi connectivity index (χ4n) is 7.14. The standard InChI is InChI=1S/C48H57Br8N7O10/c1-57-14-8-28-20-31(49)41(32(50)21-28)70-18-6-12-59-46(66)63(3)16-10-30-24-35(53)43(36(54)25-30)71-19-7-13-60-47(67)62(2)15-9-29-22-33(51)42(34(52)23-29)69-17-5-11-58-45(65)39-44(64)48(73-61-39)26-37(55)40(68-4)38(56)27-72-48/h20-25,27,44,57,64H,5-19,26H2,1-4H3,(H,58,65)(H,59,66)(H,60,67)/t44-,48-/m1/s1. The summed E-state index contributed by atoms with van der Waals surface area (Å²) in [5.41, 5.74) is 3.00. The first-order chi connectivity index (χ1) is 34.9. The lowest BCUT2D eigenvalue weighted by Gasteiger charge is -2.27. The largest absolute Gasteiger partial charge is 0.495 e. The number of oxime groups is 1. The minimum Gasteiger partial charge on any atom is -0.495 e. The van der Waals surface area contributed by atoms with Crippen LogP contribution in [0, 0.1) is 0 Å². The second kappa shape index (κ2) is 30.4. The van der Waals surface area contributed by atoms with Gasteiger partial charge < -0.3 is 64.7 Å². The maximum atomic E-state index is 12.9. The van der Waals surface area contributed by atoms with Gasteiger partial charge in [-0.15, -0.1) is 0 Å². The summed E-state index contributed by atoms with van der Waals surface area (Å²) < 4.78 is 35.0. The summed E-state index contributed by atoms with van der Waals surface area (Å²) in [6, 6.07) is 11.6. The number of likely N-dealkylation sites (N-methyl/N-ethyl adjacent to an activating group) is 3. The van der Waals surface area contributed by atoms with Crippen LogP contribution in [0.3, 0.4) is 0 Å². The van der Waals surface area contributed by atoms with Crippen molar-refractivity contribution in [1.82, 2.24) is 31.1 Å². The second-order valence-corrected chi connectivity index (χ2v) is 23.6. The van der Waals surface area contributed by atoms with E-state index in [4.69, 9.17) is 28.5 Å². The van der Waals surface area contributed by atoms with Crippen molar-refractivity contribution in [1.29, 1.82) is 0 Å². The maximum absolute atomic E-state index is 12.9. The van der Waals surface area contributed by atoms with Gasteiger partial charge in [-0.25, -0.2) is 9.59 Å². The van der Waals surface area contributed by atoms with E-state index in [-0.39, 0.29) is 37.3 Å². The van der Waals surface area contributed by atoms with Crippen molar-refractivity contribution in [2.24, 2.45) is 5.16 Å². The predicted molar refractivity (Wildman–Crippen MR) is 309 cm³/mol. The van der Waals surface area contributed by atoms with Crippen LogP contribution in [0.2, 0.25) is 0 Å². The zero-order chi connectivity index (χ0) is 53.2. The molecule has 0 aliphatic carbocycles. The highest BCUT2D eigenvalue weighted by Gasteiger charge is 2.54. The Balaban J connectivity index is 0.931. The second-order valence-electron chi connectivity index (χ2n) is 16.7. The minimum absolute atomic E-state index is 0.0384. The van der Waals surface area contributed by atoms with Crippen molar-refractivity contribution in [3.05, 3.63) is 101 Å². The molecule has 5 rings (SSSR count). The number of carbonyl (C=O) groups excluding carboxylic acids is 3. The van der Waals surface area contributed by atoms with E-state index in [0.717, 1.165) is 56.7 Å². The number of aliphatic hydroxyl groups is 1. The lowest BCUT2D eigenvalue weighted by Crippen LogP contribution is -2.49. The van der Waals surface area contributed by atoms with Gasteiger partial charge in [-0.05, 0) is 217 Å². The van der Waals surface area contributed by atoms with Crippen LogP contribution >= 0.6 is 127 Å². The molecule has 400 valence electrons. The number of aliphatic hydroxyl groups excluding tert-OH is 1. The van der Waals surface area contributed by atoms with Gasteiger partial charge in [-0.3, -0.25) is 4.79 Å². The first-order valence-electron chi connectivity index (χ1n) is 23.0. The molecular weight excluding hydrogens is 1470 g/mol. The number of carbonyl (C=O) groups is 3. The Kier molecular flexibility index (Phi) is 25.5. The van der Waals surface area contributed by atoms with Crippen LogP contribution in [-0.2, 0) is 38.4 Å². The van der Waals surface area contributed by atoms with Crippen molar-refractivity contribution >= 4 is 151 Å². The van der Waals surface area contributed by atoms with E-state index in [1.54, 1.807) is 23.9 Å². The molecule has 0 fully saturated rings. The summed E-state index contributed by atoms with van der Waals surface area (Å²) in [4.78, 5) is 47.4. The fourth-order valence-corrected chi connectivity index (χ4v) is 13.2. The van der Waals surface area contributed by atoms with Crippen LogP contribution < -0.4 is 35.5 Å². The lowest BCUT2D eigenvalue weighted by molar-refractivity contribution is -0.225. The first kappa shape index (κ1) is 61.2. The summed E-state index contributed by atoms with van der Waals surface area (Å²) in [6.07, 6.45) is 3.75. The number of hydrogen-bond acceptors (Lipinski definition) is 12. The summed E-state index contributed by atoms with van der Waals surface area (Å²) in [6.45, 7) is 4.16. The van der Waals surface area contributed by atoms with Crippen LogP contribution in [-0.4, -0.2) is 138 Å². The molecular formula is C48H57Br8N7O10. The van der Waals surface area contributed by atoms with Gasteiger partial charge in [0, 0.05) is 51.3 Å². The predicted octanol–water partition coefficient (Wildman–Crippen LogP) is 10.6. The Morgan fingerprint density at radius 2 is 1.08 bits per heavy atom. The highest BCUT2D eigenvalue weighted by molar-refractivity contribution is 9.12. The van der Waals surface area contributed by atoms with E-state index >= 15 is 0 Å². The quantitative estimate of drug-likeness (QED) is 0.0480. The molecule has 73 heavy (non-hydrogen) atoms. The number of urea groups is 2. The highest BCUT2D eigenvalue weighted by atomic mass is 79.9. The van der Waals surface area contributed by atoms with Crippen molar-refractivity contribution in [2.45, 2.75) is 56.8 Å². The zero-order valence-electron chi connectivity index (χ0n) is 40.4. The van der Waals surface area contributed by atoms with Crippen LogP contribution in [0.5, 0.6) is 17.2 Å². The molecule has 3 aromatic rings. The summed E-state index contributed by atoms with van der Waals surface area (Å²) >= 11 is 28.5. The Morgan fingerprint density at radius 1 is 0.671 bits per heavy atom. The number of nitrogens with one attached hydrogen (secondary N) is 4. The van der Waals surface area contributed by atoms with Crippen LogP contribution in [0.25, 0.3) is 0 Å². The minimum atomic E-state index is -1.63. The molecule has 2 aliphatic rings. The number of methoxy groups -OCH3 is 1. The molecule has 5 amide bonds. The number of rotatable bonds is 26. The van der Waals surface area contributed by atoms with Gasteiger partial charge >= 0.3 is 17.8 Å². The van der Waals surface area contributed by atoms with E-state index < -0.39 is 17.8 Å². The van der Waals surface area contributed by atoms with Gasteiger partial charge in [0.2, 0.25) is 0 Å². The highest BCUT2D eigenvalue weighted by Crippen LogP contribution is 2.42. The average molecular weight is 1530 g/mol. The van der Waals surface area contributed by atoms with E-state index in [2.05, 4.69) is 166 Å². The topological polar surface area (TPSA) is 194 Å². The number of hydrogen-bond donors (Lipinski definition) is 5. The molecule has 0 saturated carbocycles. The Labute approximate surface area is 493 Å². The molecule has 2 heterocycles. The Hall–Kier alpha value is -2.62. The van der Waals surface area contributed by atoms with Gasteiger partial charge in [0.05, 0.1) is 64.7 Å². The average Bonchev–Trinajstić information content (AvgIpc) is 3.60. The summed E-state index contributed by atoms with van der Waals surface area (Å²) in [7, 11) is 6.95. The van der Waals surface area contributed by atoms with Gasteiger partial charge in [0.15, 0.2) is 11.8 Å². The molecule has 0 unspecified atom stereocenters. The number of amides is 5. The molecule has 0 aromatic heterocycles. The van der Waals surface area contributed by atoms with Gasteiger partial charge in [0.25, 0.3) is 5.91 Å². The van der Waals surface area contributed by atoms with Crippen LogP contribution in [0.1, 0.15) is 42.4 Å². The third-order valence-electron chi connectivity index (χ3n) is 11.2. The van der Waals surface area contributed by atoms with E-state index in [1.807, 2.05) is 31.3 Å². The number of nitrogens with zero attached hydrogens (tertiary/aromatic N) is 3. The van der Waals surface area contributed by atoms with Gasteiger partial charge in [-0.2, -0.15) is 0 Å². The molecule has 1 spiro atoms. The van der Waals surface area contributed by atoms with Crippen molar-refractivity contribution in [2.75, 3.05) is 87.3 Å². The lowest BCUT2D eigenvalue weighted by atomic mass is 10.0. The van der Waals surface area contributed by atoms with Crippen molar-refractivity contribution < 1.29 is 48.0 Å². The van der Waals surface area contributed by atoms with Crippen molar-refractivity contribution in [3.8, 4) is 17.2 Å². The van der Waals surface area contributed by atoms with Crippen molar-refractivity contribution in [3.63, 3.8) is 0 Å². The fraction of sp³-hybridized carbons (Fsp3) is 0.458.